The summed E-state index contributed by atoms with van der Waals surface area (Å²) >= 11 is 0. The Morgan fingerprint density at radius 1 is 0.905 bits per heavy atom. The predicted octanol–water partition coefficient (Wildman–Crippen LogP) is 3.63. The van der Waals surface area contributed by atoms with E-state index < -0.39 is 0 Å². The van der Waals surface area contributed by atoms with Crippen molar-refractivity contribution in [2.45, 2.75) is 0 Å². The van der Waals surface area contributed by atoms with E-state index >= 15 is 0 Å². The zero-order valence-electron chi connectivity index (χ0n) is 11.7. The summed E-state index contributed by atoms with van der Waals surface area (Å²) < 4.78 is 0. The number of anilines is 1. The minimum Gasteiger partial charge on any atom is -0.307 e. The molecule has 2 heterocycles. The van der Waals surface area contributed by atoms with E-state index in [0.717, 1.165) is 12.2 Å². The Bertz CT molecular complexity index is 700. The normalized spacial score (nSPS) is 12.5. The van der Waals surface area contributed by atoms with Crippen LogP contribution in [-0.2, 0) is 0 Å². The number of para-hydroxylation sites is 1. The Kier molecular flexibility index (Phi) is 3.94. The molecule has 0 saturated heterocycles. The minimum absolute atomic E-state index is 0.803. The second-order valence-electron chi connectivity index (χ2n) is 4.84. The largest absolute Gasteiger partial charge is 0.307 e. The van der Waals surface area contributed by atoms with Gasteiger partial charge in [0.25, 0.3) is 0 Å². The molecule has 1 aliphatic rings. The number of aromatic nitrogens is 1. The molecule has 104 valence electrons. The van der Waals surface area contributed by atoms with Crippen molar-refractivity contribution in [3.8, 4) is 0 Å². The van der Waals surface area contributed by atoms with Crippen molar-refractivity contribution in [2.75, 3.05) is 11.6 Å². The number of pyridine rings is 1. The molecule has 0 radical (unpaired) electrons. The highest BCUT2D eigenvalue weighted by atomic mass is 15.4. The number of nitrogens with two attached hydrogens (primary N) is 1. The zero-order chi connectivity index (χ0) is 14.5. The van der Waals surface area contributed by atoms with Crippen LogP contribution in [0.2, 0.25) is 0 Å². The molecule has 0 fully saturated rings. The van der Waals surface area contributed by atoms with Crippen molar-refractivity contribution in [1.29, 1.82) is 0 Å². The fourth-order valence-corrected chi connectivity index (χ4v) is 2.31. The Labute approximate surface area is 124 Å². The molecule has 0 aliphatic carbocycles. The molecule has 0 atom stereocenters. The van der Waals surface area contributed by atoms with E-state index in [0.29, 0.717) is 0 Å². The number of fused-ring (bicyclic) bond motifs is 2. The Balaban J connectivity index is 0.000000126. The number of rotatable bonds is 0. The van der Waals surface area contributed by atoms with Gasteiger partial charge in [0.1, 0.15) is 0 Å². The van der Waals surface area contributed by atoms with Gasteiger partial charge in [0, 0.05) is 12.4 Å². The van der Waals surface area contributed by atoms with Crippen LogP contribution in [-0.4, -0.2) is 11.5 Å². The molecule has 0 bridgehead atoms. The van der Waals surface area contributed by atoms with Gasteiger partial charge in [-0.2, -0.15) is 0 Å². The summed E-state index contributed by atoms with van der Waals surface area (Å²) in [5, 5.41) is 4.19. The fourth-order valence-electron chi connectivity index (χ4n) is 2.31. The molecule has 1 aliphatic heterocycles. The molecule has 21 heavy (non-hydrogen) atoms. The summed E-state index contributed by atoms with van der Waals surface area (Å²) in [6.45, 7) is 0.803. The van der Waals surface area contributed by atoms with E-state index in [1.807, 2.05) is 48.8 Å². The number of hydrogen-bond acceptors (Lipinski definition) is 3. The molecule has 0 saturated carbocycles. The number of benzene rings is 2. The van der Waals surface area contributed by atoms with E-state index in [1.165, 1.54) is 16.3 Å². The lowest BCUT2D eigenvalue weighted by Crippen LogP contribution is -2.32. The molecule has 3 heteroatoms. The maximum Gasteiger partial charge on any atom is 0.0593 e. The van der Waals surface area contributed by atoms with Crippen LogP contribution in [0.1, 0.15) is 5.56 Å². The molecular weight excluding hydrogens is 258 g/mol. The van der Waals surface area contributed by atoms with Crippen LogP contribution in [0.25, 0.3) is 16.8 Å². The topological polar surface area (TPSA) is 42.1 Å². The van der Waals surface area contributed by atoms with Gasteiger partial charge in [-0.1, -0.05) is 54.6 Å². The van der Waals surface area contributed by atoms with E-state index in [1.54, 1.807) is 5.01 Å². The fraction of sp³-hybridized carbons (Fsp3) is 0.0556. The van der Waals surface area contributed by atoms with Gasteiger partial charge in [0.05, 0.1) is 12.2 Å². The van der Waals surface area contributed by atoms with Crippen molar-refractivity contribution >= 4 is 22.5 Å². The maximum atomic E-state index is 5.73. The van der Waals surface area contributed by atoms with Crippen molar-refractivity contribution in [3.63, 3.8) is 0 Å². The van der Waals surface area contributed by atoms with Gasteiger partial charge < -0.3 is 5.01 Å². The SMILES string of the molecule is NN1CC=Cc2ccccc21.c1ccc2cnccc2c1. The van der Waals surface area contributed by atoms with E-state index in [4.69, 9.17) is 5.84 Å². The molecule has 4 rings (SSSR count). The maximum absolute atomic E-state index is 5.73. The van der Waals surface area contributed by atoms with Gasteiger partial charge >= 0.3 is 0 Å². The summed E-state index contributed by atoms with van der Waals surface area (Å²) in [7, 11) is 0. The lowest BCUT2D eigenvalue weighted by Gasteiger charge is -2.22. The second-order valence-corrected chi connectivity index (χ2v) is 4.84. The molecule has 2 N–H and O–H groups in total. The highest BCUT2D eigenvalue weighted by Crippen LogP contribution is 2.22. The van der Waals surface area contributed by atoms with E-state index in [9.17, 15) is 0 Å². The lowest BCUT2D eigenvalue weighted by molar-refractivity contribution is 0.931. The first kappa shape index (κ1) is 13.3. The monoisotopic (exact) mass is 275 g/mol. The smallest absolute Gasteiger partial charge is 0.0593 e. The van der Waals surface area contributed by atoms with Crippen LogP contribution in [0.3, 0.4) is 0 Å². The van der Waals surface area contributed by atoms with Crippen LogP contribution in [0.5, 0.6) is 0 Å². The lowest BCUT2D eigenvalue weighted by atomic mass is 10.1. The molecule has 0 spiro atoms. The summed E-state index contributed by atoms with van der Waals surface area (Å²) in [6, 6.07) is 18.3. The summed E-state index contributed by atoms with van der Waals surface area (Å²) in [6.07, 6.45) is 7.83. The minimum atomic E-state index is 0.803. The van der Waals surface area contributed by atoms with Crippen molar-refractivity contribution in [1.82, 2.24) is 4.98 Å². The van der Waals surface area contributed by atoms with Crippen LogP contribution >= 0.6 is 0 Å². The molecule has 3 aromatic rings. The zero-order valence-corrected chi connectivity index (χ0v) is 11.7. The van der Waals surface area contributed by atoms with Crippen molar-refractivity contribution in [2.24, 2.45) is 5.84 Å². The molecule has 2 aromatic carbocycles. The van der Waals surface area contributed by atoms with Gasteiger partial charge in [-0.25, -0.2) is 5.84 Å². The second kappa shape index (κ2) is 6.20. The first-order chi connectivity index (χ1) is 10.3. The average molecular weight is 275 g/mol. The highest BCUT2D eigenvalue weighted by molar-refractivity contribution is 5.80. The summed E-state index contributed by atoms with van der Waals surface area (Å²) in [5.74, 6) is 5.73. The van der Waals surface area contributed by atoms with Gasteiger partial charge in [-0.3, -0.25) is 4.98 Å². The quantitative estimate of drug-likeness (QED) is 0.637. The van der Waals surface area contributed by atoms with Gasteiger partial charge in [-0.05, 0) is 28.5 Å². The average Bonchev–Trinajstić information content (AvgIpc) is 2.56. The van der Waals surface area contributed by atoms with Gasteiger partial charge in [0.2, 0.25) is 0 Å². The summed E-state index contributed by atoms with van der Waals surface area (Å²) in [4.78, 5) is 4.01. The van der Waals surface area contributed by atoms with Crippen LogP contribution < -0.4 is 10.9 Å². The van der Waals surface area contributed by atoms with Crippen LogP contribution in [0.4, 0.5) is 5.69 Å². The Morgan fingerprint density at radius 2 is 1.67 bits per heavy atom. The number of hydrazine groups is 1. The van der Waals surface area contributed by atoms with Crippen LogP contribution in [0.15, 0.2) is 73.1 Å². The number of nitrogens with zero attached hydrogens (tertiary/aromatic N) is 2. The summed E-state index contributed by atoms with van der Waals surface area (Å²) in [5.41, 5.74) is 2.30. The highest BCUT2D eigenvalue weighted by Gasteiger charge is 2.06. The Hall–Kier alpha value is -2.65. The third-order valence-electron chi connectivity index (χ3n) is 3.40. The third kappa shape index (κ3) is 3.09. The van der Waals surface area contributed by atoms with Crippen molar-refractivity contribution in [3.05, 3.63) is 78.6 Å². The molecule has 0 unspecified atom stereocenters. The molecular formula is C18H17N3. The van der Waals surface area contributed by atoms with E-state index in [2.05, 4.69) is 35.3 Å². The molecule has 3 nitrogen and oxygen atoms in total. The molecule has 1 aromatic heterocycles. The first-order valence-corrected chi connectivity index (χ1v) is 6.91. The predicted molar refractivity (Wildman–Crippen MR) is 88.8 cm³/mol. The first-order valence-electron chi connectivity index (χ1n) is 6.91. The van der Waals surface area contributed by atoms with Gasteiger partial charge in [0.15, 0.2) is 0 Å². The standard InChI is InChI=1S/C9H10N2.C9H7N/c10-11-7-3-5-8-4-1-2-6-9(8)11;1-2-4-9-7-10-6-5-8(9)3-1/h1-6H,7,10H2;1-7H. The molecule has 0 amide bonds. The van der Waals surface area contributed by atoms with Crippen LogP contribution in [0, 0.1) is 0 Å². The third-order valence-corrected chi connectivity index (χ3v) is 3.40. The van der Waals surface area contributed by atoms with Gasteiger partial charge in [-0.15, -0.1) is 0 Å². The van der Waals surface area contributed by atoms with Crippen molar-refractivity contribution < 1.29 is 0 Å². The van der Waals surface area contributed by atoms with E-state index in [-0.39, 0.29) is 0 Å². The number of hydrogen-bond donors (Lipinski definition) is 1. The Morgan fingerprint density at radius 3 is 2.48 bits per heavy atom.